The molecule has 0 atom stereocenters. The standard InChI is InChI=1S/C17H16Cl2N2O3S2/c18-12-2-4-13(5-3-12)26-25-8-7-20-17(23)15(21-24)10-11-1-6-16(22)14(19)9-11/h1-6,9,22,24H,7-8,10H2,(H,20,23)/b21-15+. The normalized spacial score (nSPS) is 11.4. The first kappa shape index (κ1) is 20.8. The van der Waals surface area contributed by atoms with Crippen LogP contribution in [0.25, 0.3) is 0 Å². The van der Waals surface area contributed by atoms with Crippen molar-refractivity contribution in [3.63, 3.8) is 0 Å². The van der Waals surface area contributed by atoms with Crippen molar-refractivity contribution in [2.24, 2.45) is 5.16 Å². The predicted molar refractivity (Wildman–Crippen MR) is 109 cm³/mol. The lowest BCUT2D eigenvalue weighted by atomic mass is 10.1. The summed E-state index contributed by atoms with van der Waals surface area (Å²) in [6.07, 6.45) is 0.106. The highest BCUT2D eigenvalue weighted by Gasteiger charge is 2.13. The monoisotopic (exact) mass is 430 g/mol. The largest absolute Gasteiger partial charge is 0.506 e. The van der Waals surface area contributed by atoms with Crippen molar-refractivity contribution in [1.82, 2.24) is 5.32 Å². The van der Waals surface area contributed by atoms with Gasteiger partial charge in [0.2, 0.25) is 0 Å². The maximum atomic E-state index is 12.1. The highest BCUT2D eigenvalue weighted by atomic mass is 35.5. The Morgan fingerprint density at radius 1 is 1.15 bits per heavy atom. The van der Waals surface area contributed by atoms with Gasteiger partial charge in [-0.1, -0.05) is 56.0 Å². The van der Waals surface area contributed by atoms with Crippen LogP contribution in [0.1, 0.15) is 5.56 Å². The molecule has 3 N–H and O–H groups in total. The molecule has 1 amide bonds. The van der Waals surface area contributed by atoms with Gasteiger partial charge in [0.25, 0.3) is 5.91 Å². The maximum Gasteiger partial charge on any atom is 0.269 e. The Morgan fingerprint density at radius 3 is 2.54 bits per heavy atom. The zero-order valence-electron chi connectivity index (χ0n) is 13.5. The van der Waals surface area contributed by atoms with Gasteiger partial charge in [0, 0.05) is 28.6 Å². The first-order chi connectivity index (χ1) is 12.5. The number of halogens is 2. The van der Waals surface area contributed by atoms with Crippen LogP contribution in [0.4, 0.5) is 0 Å². The minimum atomic E-state index is -0.450. The molecule has 2 aromatic rings. The Morgan fingerprint density at radius 2 is 1.88 bits per heavy atom. The Labute approximate surface area is 169 Å². The summed E-state index contributed by atoms with van der Waals surface area (Å²) in [4.78, 5) is 13.2. The molecule has 0 bridgehead atoms. The first-order valence-corrected chi connectivity index (χ1v) is 10.6. The van der Waals surface area contributed by atoms with Crippen LogP contribution in [0.15, 0.2) is 52.5 Å². The van der Waals surface area contributed by atoms with Gasteiger partial charge in [-0.15, -0.1) is 0 Å². The van der Waals surface area contributed by atoms with E-state index in [1.807, 2.05) is 24.3 Å². The second-order valence-corrected chi connectivity index (χ2v) is 8.46. The molecule has 0 saturated carbocycles. The number of rotatable bonds is 8. The topological polar surface area (TPSA) is 81.9 Å². The number of phenols is 1. The van der Waals surface area contributed by atoms with Crippen LogP contribution in [-0.2, 0) is 11.2 Å². The molecule has 0 saturated heterocycles. The van der Waals surface area contributed by atoms with Crippen LogP contribution in [0, 0.1) is 0 Å². The second-order valence-electron chi connectivity index (χ2n) is 5.12. The third-order valence-corrected chi connectivity index (χ3v) is 6.15. The van der Waals surface area contributed by atoms with Crippen LogP contribution in [0.3, 0.4) is 0 Å². The average Bonchev–Trinajstić information content (AvgIpc) is 2.63. The van der Waals surface area contributed by atoms with Crippen LogP contribution >= 0.6 is 44.8 Å². The van der Waals surface area contributed by atoms with E-state index in [4.69, 9.17) is 28.4 Å². The number of nitrogens with one attached hydrogen (secondary N) is 1. The lowest BCUT2D eigenvalue weighted by Crippen LogP contribution is -2.33. The molecule has 2 rings (SSSR count). The number of carbonyl (C=O) groups excluding carboxylic acids is 1. The van der Waals surface area contributed by atoms with Gasteiger partial charge < -0.3 is 15.6 Å². The molecular formula is C17H16Cl2N2O3S2. The molecule has 0 aliphatic rings. The van der Waals surface area contributed by atoms with E-state index in [9.17, 15) is 9.90 Å². The zero-order chi connectivity index (χ0) is 18.9. The van der Waals surface area contributed by atoms with Crippen molar-refractivity contribution in [3.05, 3.63) is 58.1 Å². The number of amides is 1. The highest BCUT2D eigenvalue weighted by Crippen LogP contribution is 2.31. The minimum Gasteiger partial charge on any atom is -0.506 e. The average molecular weight is 431 g/mol. The lowest BCUT2D eigenvalue weighted by molar-refractivity contribution is -0.114. The molecule has 0 aliphatic carbocycles. The van der Waals surface area contributed by atoms with E-state index in [0.717, 1.165) is 4.90 Å². The van der Waals surface area contributed by atoms with Gasteiger partial charge in [-0.25, -0.2) is 0 Å². The summed E-state index contributed by atoms with van der Waals surface area (Å²) in [5, 5.41) is 25.1. The van der Waals surface area contributed by atoms with Crippen molar-refractivity contribution < 1.29 is 15.1 Å². The van der Waals surface area contributed by atoms with Gasteiger partial charge in [-0.3, -0.25) is 4.79 Å². The van der Waals surface area contributed by atoms with E-state index in [0.29, 0.717) is 22.9 Å². The molecule has 0 fully saturated rings. The second kappa shape index (κ2) is 10.6. The maximum absolute atomic E-state index is 12.1. The number of carbonyl (C=O) groups is 1. The summed E-state index contributed by atoms with van der Waals surface area (Å²) >= 11 is 11.7. The van der Waals surface area contributed by atoms with Gasteiger partial charge >= 0.3 is 0 Å². The third-order valence-electron chi connectivity index (χ3n) is 3.21. The summed E-state index contributed by atoms with van der Waals surface area (Å²) in [5.74, 6) is 0.189. The molecule has 26 heavy (non-hydrogen) atoms. The fraction of sp³-hybridized carbons (Fsp3) is 0.176. The molecule has 0 heterocycles. The molecule has 2 aromatic carbocycles. The van der Waals surface area contributed by atoms with Crippen molar-refractivity contribution in [2.75, 3.05) is 12.3 Å². The molecule has 0 unspecified atom stereocenters. The number of hydrogen-bond donors (Lipinski definition) is 3. The van der Waals surface area contributed by atoms with Gasteiger partial charge in [0.1, 0.15) is 11.5 Å². The van der Waals surface area contributed by atoms with Crippen molar-refractivity contribution in [1.29, 1.82) is 0 Å². The summed E-state index contributed by atoms with van der Waals surface area (Å²) in [5.41, 5.74) is 0.630. The van der Waals surface area contributed by atoms with Crippen molar-refractivity contribution in [3.8, 4) is 5.75 Å². The lowest BCUT2D eigenvalue weighted by Gasteiger charge is -2.07. The van der Waals surface area contributed by atoms with E-state index in [-0.39, 0.29) is 22.9 Å². The molecule has 5 nitrogen and oxygen atoms in total. The van der Waals surface area contributed by atoms with Gasteiger partial charge in [-0.2, -0.15) is 0 Å². The minimum absolute atomic E-state index is 0.0258. The summed E-state index contributed by atoms with van der Waals surface area (Å²) in [7, 11) is 3.18. The first-order valence-electron chi connectivity index (χ1n) is 7.51. The molecule has 0 aliphatic heterocycles. The number of oxime groups is 1. The van der Waals surface area contributed by atoms with Gasteiger partial charge in [0.15, 0.2) is 0 Å². The summed E-state index contributed by atoms with van der Waals surface area (Å²) in [6, 6.07) is 12.1. The fourth-order valence-electron chi connectivity index (χ4n) is 1.92. The van der Waals surface area contributed by atoms with Crippen LogP contribution in [-0.4, -0.2) is 34.2 Å². The molecule has 138 valence electrons. The molecular weight excluding hydrogens is 415 g/mol. The predicted octanol–water partition coefficient (Wildman–Crippen LogP) is 4.63. The molecule has 0 aromatic heterocycles. The molecule has 0 radical (unpaired) electrons. The van der Waals surface area contributed by atoms with Crippen LogP contribution < -0.4 is 5.32 Å². The van der Waals surface area contributed by atoms with E-state index >= 15 is 0 Å². The molecule has 0 spiro atoms. The summed E-state index contributed by atoms with van der Waals surface area (Å²) in [6.45, 7) is 0.430. The number of aromatic hydroxyl groups is 1. The number of phenolic OH excluding ortho intramolecular Hbond substituents is 1. The highest BCUT2D eigenvalue weighted by molar-refractivity contribution is 8.76. The van der Waals surface area contributed by atoms with Gasteiger partial charge in [0.05, 0.1) is 5.02 Å². The number of benzene rings is 2. The molecule has 9 heteroatoms. The SMILES string of the molecule is O=C(NCCSSc1ccc(Cl)cc1)/C(Cc1ccc(O)c(Cl)c1)=N/O. The van der Waals surface area contributed by atoms with E-state index < -0.39 is 5.91 Å². The van der Waals surface area contributed by atoms with Gasteiger partial charge in [-0.05, 0) is 42.0 Å². The summed E-state index contributed by atoms with van der Waals surface area (Å²) < 4.78 is 0. The zero-order valence-corrected chi connectivity index (χ0v) is 16.6. The van der Waals surface area contributed by atoms with Crippen LogP contribution in [0.5, 0.6) is 5.75 Å². The quantitative estimate of drug-likeness (QED) is 0.187. The number of nitrogens with zero attached hydrogens (tertiary/aromatic N) is 1. The fourth-order valence-corrected chi connectivity index (χ4v) is 4.15. The van der Waals surface area contributed by atoms with E-state index in [1.54, 1.807) is 27.7 Å². The Kier molecular flexibility index (Phi) is 8.44. The Balaban J connectivity index is 1.74. The number of hydrogen-bond acceptors (Lipinski definition) is 6. The van der Waals surface area contributed by atoms with E-state index in [2.05, 4.69) is 10.5 Å². The van der Waals surface area contributed by atoms with Crippen molar-refractivity contribution >= 4 is 56.4 Å². The van der Waals surface area contributed by atoms with Crippen molar-refractivity contribution in [2.45, 2.75) is 11.3 Å². The Bertz CT molecular complexity index is 786. The smallest absolute Gasteiger partial charge is 0.269 e. The third kappa shape index (κ3) is 6.64. The Hall–Kier alpha value is -1.54. The van der Waals surface area contributed by atoms with Crippen LogP contribution in [0.2, 0.25) is 10.0 Å². The van der Waals surface area contributed by atoms with E-state index in [1.165, 1.54) is 12.1 Å².